The molecule has 1 saturated heterocycles. The van der Waals surface area contributed by atoms with Crippen molar-refractivity contribution < 1.29 is 33.0 Å². The fourth-order valence-electron chi connectivity index (χ4n) is 7.89. The molecule has 53 heavy (non-hydrogen) atoms. The van der Waals surface area contributed by atoms with Gasteiger partial charge in [0.05, 0.1) is 7.11 Å². The Bertz CT molecular complexity index is 1800. The molecule has 4 aromatic rings. The summed E-state index contributed by atoms with van der Waals surface area (Å²) in [6, 6.07) is 27.4. The number of carbonyl (C=O) groups excluding carboxylic acids is 2. The van der Waals surface area contributed by atoms with Crippen molar-refractivity contribution in [3.63, 3.8) is 0 Å². The van der Waals surface area contributed by atoms with Crippen LogP contribution in [0.5, 0.6) is 5.75 Å². The van der Waals surface area contributed by atoms with Crippen LogP contribution in [0.3, 0.4) is 0 Å². The fraction of sp³-hybridized carbons (Fsp3) is 0.409. The molecule has 2 heterocycles. The van der Waals surface area contributed by atoms with Crippen LogP contribution in [0.2, 0.25) is 0 Å². The van der Waals surface area contributed by atoms with Gasteiger partial charge >= 0.3 is 5.97 Å². The van der Waals surface area contributed by atoms with Crippen LogP contribution in [0.1, 0.15) is 66.8 Å². The summed E-state index contributed by atoms with van der Waals surface area (Å²) in [5.41, 5.74) is 4.51. The number of unbranched alkanes of at least 4 members (excludes halogenated alkanes) is 1. The number of amides is 1. The van der Waals surface area contributed by atoms with E-state index in [2.05, 4.69) is 17.9 Å². The van der Waals surface area contributed by atoms with Gasteiger partial charge in [0.2, 0.25) is 5.91 Å². The molecule has 280 valence electrons. The average molecular weight is 725 g/mol. The number of methoxy groups -OCH3 is 1. The number of rotatable bonds is 16. The zero-order valence-corrected chi connectivity index (χ0v) is 30.6. The second kappa shape index (κ2) is 18.0. The predicted molar refractivity (Wildman–Crippen MR) is 200 cm³/mol. The Morgan fingerprint density at radius 2 is 1.60 bits per heavy atom. The number of aliphatic hydroxyl groups excluding tert-OH is 1. The van der Waals surface area contributed by atoms with Crippen molar-refractivity contribution in [3.8, 4) is 5.75 Å². The first-order valence-corrected chi connectivity index (χ1v) is 18.8. The van der Waals surface area contributed by atoms with Crippen LogP contribution in [0.25, 0.3) is 0 Å². The summed E-state index contributed by atoms with van der Waals surface area (Å²) in [6.45, 7) is 3.58. The van der Waals surface area contributed by atoms with Gasteiger partial charge in [-0.25, -0.2) is 13.6 Å². The molecule has 9 heteroatoms. The standard InChI is InChI=1S/C44H50F2N2O5/c1-3-4-12-33-21-22-48(43(33)50)39(20-17-30-10-6-5-7-11-30)44(51)53-41(25-32-23-36(45)27-37(46)24-32)42(49)40-26-34-13-8-9-14-35(34)29-47(40)28-31-15-18-38(52-2)19-16-31/h5-11,13-16,18-19,23-24,27,33,39-42,49H,3-4,12,17,20-22,25-26,28-29H2,1-2H3/t33-,39-,40+,41-,42+/m0/s1. The number of hydrogen-bond acceptors (Lipinski definition) is 6. The Morgan fingerprint density at radius 3 is 2.30 bits per heavy atom. The molecule has 2 aliphatic heterocycles. The number of esters is 1. The van der Waals surface area contributed by atoms with Crippen LogP contribution in [-0.2, 0) is 46.7 Å². The molecule has 2 aliphatic rings. The molecule has 1 N–H and O–H groups in total. The Hall–Kier alpha value is -4.60. The second-order valence-corrected chi connectivity index (χ2v) is 14.4. The van der Waals surface area contributed by atoms with Crippen molar-refractivity contribution in [1.29, 1.82) is 0 Å². The lowest BCUT2D eigenvalue weighted by atomic mass is 9.87. The van der Waals surface area contributed by atoms with E-state index in [1.54, 1.807) is 12.0 Å². The summed E-state index contributed by atoms with van der Waals surface area (Å²) in [4.78, 5) is 32.0. The van der Waals surface area contributed by atoms with Gasteiger partial charge < -0.3 is 19.5 Å². The third kappa shape index (κ3) is 9.69. The highest BCUT2D eigenvalue weighted by molar-refractivity contribution is 5.87. The number of carbonyl (C=O) groups is 2. The number of ether oxygens (including phenoxy) is 2. The lowest BCUT2D eigenvalue weighted by Crippen LogP contribution is -2.54. The largest absolute Gasteiger partial charge is 0.497 e. The molecule has 0 bridgehead atoms. The monoisotopic (exact) mass is 724 g/mol. The molecule has 1 amide bonds. The Balaban J connectivity index is 1.31. The zero-order chi connectivity index (χ0) is 37.3. The smallest absolute Gasteiger partial charge is 0.329 e. The number of likely N-dealkylation sites (tertiary alicyclic amines) is 1. The molecule has 0 spiro atoms. The molecule has 7 nitrogen and oxygen atoms in total. The van der Waals surface area contributed by atoms with E-state index in [0.29, 0.717) is 45.3 Å². The van der Waals surface area contributed by atoms with Crippen LogP contribution in [0.15, 0.2) is 97.1 Å². The van der Waals surface area contributed by atoms with Gasteiger partial charge in [-0.3, -0.25) is 9.69 Å². The highest BCUT2D eigenvalue weighted by Gasteiger charge is 2.42. The first kappa shape index (κ1) is 38.1. The SMILES string of the molecule is CCCC[C@H]1CCN([C@@H](CCc2ccccc2)C(=O)O[C@@H](Cc2cc(F)cc(F)c2)[C@H](O)[C@H]2Cc3ccccc3CN2Cc2ccc(OC)cc2)C1=O. The van der Waals surface area contributed by atoms with Crippen LogP contribution in [0.4, 0.5) is 8.78 Å². The molecular weight excluding hydrogens is 674 g/mol. The van der Waals surface area contributed by atoms with Gasteiger partial charge in [0.15, 0.2) is 0 Å². The van der Waals surface area contributed by atoms with E-state index >= 15 is 0 Å². The van der Waals surface area contributed by atoms with Crippen molar-refractivity contribution in [2.24, 2.45) is 5.92 Å². The van der Waals surface area contributed by atoms with Gasteiger partial charge in [-0.1, -0.05) is 86.5 Å². The zero-order valence-electron chi connectivity index (χ0n) is 30.6. The highest BCUT2D eigenvalue weighted by Crippen LogP contribution is 2.32. The molecule has 0 saturated carbocycles. The Labute approximate surface area is 311 Å². The Kier molecular flexibility index (Phi) is 12.9. The Morgan fingerprint density at radius 1 is 0.906 bits per heavy atom. The molecular formula is C44H50F2N2O5. The van der Waals surface area contributed by atoms with Gasteiger partial charge in [-0.2, -0.15) is 0 Å². The minimum atomic E-state index is -1.24. The van der Waals surface area contributed by atoms with Crippen LogP contribution < -0.4 is 4.74 Å². The maximum Gasteiger partial charge on any atom is 0.329 e. The first-order valence-electron chi connectivity index (χ1n) is 18.8. The van der Waals surface area contributed by atoms with Crippen molar-refractivity contribution in [3.05, 3.63) is 137 Å². The predicted octanol–water partition coefficient (Wildman–Crippen LogP) is 7.46. The van der Waals surface area contributed by atoms with Crippen LogP contribution >= 0.6 is 0 Å². The van der Waals surface area contributed by atoms with Crippen LogP contribution in [0, 0.1) is 17.6 Å². The van der Waals surface area contributed by atoms with E-state index < -0.39 is 41.9 Å². The van der Waals surface area contributed by atoms with E-state index in [1.807, 2.05) is 72.8 Å². The maximum atomic E-state index is 14.5. The lowest BCUT2D eigenvalue weighted by molar-refractivity contribution is -0.167. The van der Waals surface area contributed by atoms with Crippen molar-refractivity contribution >= 4 is 11.9 Å². The first-order chi connectivity index (χ1) is 25.7. The molecule has 1 fully saturated rings. The number of nitrogens with zero attached hydrogens (tertiary/aromatic N) is 2. The summed E-state index contributed by atoms with van der Waals surface area (Å²) in [5.74, 6) is -1.59. The molecule has 5 atom stereocenters. The van der Waals surface area contributed by atoms with Gasteiger partial charge in [0.1, 0.15) is 35.6 Å². The molecule has 0 aliphatic carbocycles. The van der Waals surface area contributed by atoms with E-state index in [4.69, 9.17) is 9.47 Å². The molecule has 0 aromatic heterocycles. The van der Waals surface area contributed by atoms with Gasteiger partial charge in [-0.15, -0.1) is 0 Å². The third-order valence-electron chi connectivity index (χ3n) is 10.8. The van der Waals surface area contributed by atoms with Crippen molar-refractivity contribution in [1.82, 2.24) is 9.80 Å². The summed E-state index contributed by atoms with van der Waals surface area (Å²) in [5, 5.41) is 12.4. The fourth-order valence-corrected chi connectivity index (χ4v) is 7.89. The number of fused-ring (bicyclic) bond motifs is 1. The number of aryl methyl sites for hydroxylation is 1. The van der Waals surface area contributed by atoms with E-state index in [-0.39, 0.29) is 23.8 Å². The van der Waals surface area contributed by atoms with Crippen molar-refractivity contribution in [2.75, 3.05) is 13.7 Å². The summed E-state index contributed by atoms with van der Waals surface area (Å²) in [7, 11) is 1.62. The van der Waals surface area contributed by atoms with Crippen LogP contribution in [-0.4, -0.2) is 64.7 Å². The number of halogens is 2. The third-order valence-corrected chi connectivity index (χ3v) is 10.8. The molecule has 6 rings (SSSR count). The summed E-state index contributed by atoms with van der Waals surface area (Å²) < 4.78 is 40.7. The average Bonchev–Trinajstić information content (AvgIpc) is 3.52. The minimum absolute atomic E-state index is 0.0488. The van der Waals surface area contributed by atoms with E-state index in [0.717, 1.165) is 53.3 Å². The summed E-state index contributed by atoms with van der Waals surface area (Å²) >= 11 is 0. The topological polar surface area (TPSA) is 79.3 Å². The molecule has 4 aromatic carbocycles. The quantitative estimate of drug-likeness (QED) is 0.121. The van der Waals surface area contributed by atoms with Crippen molar-refractivity contribution in [2.45, 2.75) is 95.7 Å². The summed E-state index contributed by atoms with van der Waals surface area (Å²) in [6.07, 6.45) is 2.19. The van der Waals surface area contributed by atoms with Gasteiger partial charge in [0.25, 0.3) is 0 Å². The van der Waals surface area contributed by atoms with Gasteiger partial charge in [0, 0.05) is 44.1 Å². The normalized spacial score (nSPS) is 19.0. The molecule has 0 radical (unpaired) electrons. The highest BCUT2D eigenvalue weighted by atomic mass is 19.1. The molecule has 0 unspecified atom stereocenters. The van der Waals surface area contributed by atoms with E-state index in [9.17, 15) is 23.5 Å². The number of hydrogen-bond donors (Lipinski definition) is 1. The minimum Gasteiger partial charge on any atom is -0.497 e. The second-order valence-electron chi connectivity index (χ2n) is 14.4. The van der Waals surface area contributed by atoms with E-state index in [1.165, 1.54) is 12.1 Å². The lowest BCUT2D eigenvalue weighted by Gasteiger charge is -2.42. The number of aliphatic hydroxyl groups is 1. The van der Waals surface area contributed by atoms with Gasteiger partial charge in [-0.05, 0) is 84.2 Å². The number of benzene rings is 4. The maximum absolute atomic E-state index is 14.5.